The molecule has 7 heteroatoms. The fourth-order valence-electron chi connectivity index (χ4n) is 4.43. The number of carbonyl (C=O) groups is 1. The molecule has 0 N–H and O–H groups in total. The van der Waals surface area contributed by atoms with Crippen molar-refractivity contribution in [2.75, 3.05) is 13.2 Å². The van der Waals surface area contributed by atoms with Crippen LogP contribution in [0.3, 0.4) is 0 Å². The van der Waals surface area contributed by atoms with Gasteiger partial charge in [-0.15, -0.1) is 11.3 Å². The number of hydrogen-bond acceptors (Lipinski definition) is 4. The van der Waals surface area contributed by atoms with Crippen molar-refractivity contribution in [3.05, 3.63) is 69.4 Å². The first kappa shape index (κ1) is 19.5. The van der Waals surface area contributed by atoms with Crippen molar-refractivity contribution in [3.8, 4) is 5.69 Å². The Hall–Kier alpha value is -2.51. The highest BCUT2D eigenvalue weighted by molar-refractivity contribution is 7.09. The number of thiophene rings is 1. The fraction of sp³-hybridized carbons (Fsp3) is 0.391. The number of halogens is 1. The van der Waals surface area contributed by atoms with Crippen LogP contribution >= 0.6 is 11.3 Å². The third-order valence-corrected chi connectivity index (χ3v) is 6.74. The molecule has 2 aromatic heterocycles. The zero-order valence-electron chi connectivity index (χ0n) is 16.7. The molecule has 1 aromatic carbocycles. The summed E-state index contributed by atoms with van der Waals surface area (Å²) in [6, 6.07) is 10.6. The Morgan fingerprint density at radius 1 is 1.23 bits per heavy atom. The molecule has 1 saturated heterocycles. The third-order valence-electron chi connectivity index (χ3n) is 5.88. The standard InChI is InChI=1S/C23H24FN3O2S/c24-19-9-1-2-10-21(19)27-20-11-3-8-18(20)22(25-27)23(28)26(14-16-6-4-12-29-16)15-17-7-5-13-30-17/h1-2,5,7,9-10,13,16H,3-4,6,8,11-12,14-15H2. The molecule has 30 heavy (non-hydrogen) atoms. The molecule has 0 radical (unpaired) electrons. The van der Waals surface area contributed by atoms with Crippen molar-refractivity contribution in [3.63, 3.8) is 0 Å². The summed E-state index contributed by atoms with van der Waals surface area (Å²) >= 11 is 1.64. The summed E-state index contributed by atoms with van der Waals surface area (Å²) in [5, 5.41) is 6.66. The Labute approximate surface area is 179 Å². The zero-order valence-corrected chi connectivity index (χ0v) is 17.5. The molecular formula is C23H24FN3O2S. The first-order chi connectivity index (χ1) is 14.7. The van der Waals surface area contributed by atoms with Gasteiger partial charge in [0.15, 0.2) is 5.69 Å². The van der Waals surface area contributed by atoms with Gasteiger partial charge in [-0.1, -0.05) is 18.2 Å². The summed E-state index contributed by atoms with van der Waals surface area (Å²) in [6.07, 6.45) is 4.63. The average Bonchev–Trinajstić information content (AvgIpc) is 3.53. The Balaban J connectivity index is 1.50. The van der Waals surface area contributed by atoms with Crippen molar-refractivity contribution in [2.45, 2.75) is 44.8 Å². The first-order valence-corrected chi connectivity index (χ1v) is 11.4. The van der Waals surface area contributed by atoms with Crippen molar-refractivity contribution in [2.24, 2.45) is 0 Å². The highest BCUT2D eigenvalue weighted by Crippen LogP contribution is 2.30. The van der Waals surface area contributed by atoms with Crippen LogP contribution in [0.5, 0.6) is 0 Å². The van der Waals surface area contributed by atoms with Crippen molar-refractivity contribution >= 4 is 17.2 Å². The van der Waals surface area contributed by atoms with Crippen LogP contribution in [0.15, 0.2) is 41.8 Å². The predicted octanol–water partition coefficient (Wildman–Crippen LogP) is 4.38. The molecule has 5 nitrogen and oxygen atoms in total. The smallest absolute Gasteiger partial charge is 0.275 e. The SMILES string of the molecule is O=C(c1nn(-c2ccccc2F)c2c1CCC2)N(Cc1cccs1)CC1CCCO1. The van der Waals surface area contributed by atoms with Crippen molar-refractivity contribution < 1.29 is 13.9 Å². The maximum atomic E-state index is 14.5. The first-order valence-electron chi connectivity index (χ1n) is 10.5. The fourth-order valence-corrected chi connectivity index (χ4v) is 5.15. The molecular weight excluding hydrogens is 401 g/mol. The van der Waals surface area contributed by atoms with E-state index in [2.05, 4.69) is 5.10 Å². The molecule has 1 unspecified atom stereocenters. The number of nitrogens with zero attached hydrogens (tertiary/aromatic N) is 3. The maximum Gasteiger partial charge on any atom is 0.275 e. The van der Waals surface area contributed by atoms with Gasteiger partial charge in [-0.05, 0) is 55.7 Å². The lowest BCUT2D eigenvalue weighted by atomic mass is 10.1. The largest absolute Gasteiger partial charge is 0.376 e. The van der Waals surface area contributed by atoms with Gasteiger partial charge in [0.1, 0.15) is 11.5 Å². The molecule has 3 aromatic rings. The molecule has 0 bridgehead atoms. The van der Waals surface area contributed by atoms with E-state index in [1.165, 1.54) is 6.07 Å². The Bertz CT molecular complexity index is 1040. The highest BCUT2D eigenvalue weighted by Gasteiger charge is 2.32. The van der Waals surface area contributed by atoms with E-state index in [4.69, 9.17) is 4.74 Å². The topological polar surface area (TPSA) is 47.4 Å². The molecule has 1 aliphatic carbocycles. The Kier molecular flexibility index (Phi) is 5.39. The van der Waals surface area contributed by atoms with Gasteiger partial charge in [-0.2, -0.15) is 5.10 Å². The normalized spacial score (nSPS) is 18.0. The molecule has 0 saturated carbocycles. The van der Waals surface area contributed by atoms with Crippen LogP contribution in [0.1, 0.15) is 45.9 Å². The molecule has 1 fully saturated rings. The van der Waals surface area contributed by atoms with Crippen LogP contribution in [0, 0.1) is 5.82 Å². The summed E-state index contributed by atoms with van der Waals surface area (Å²) in [4.78, 5) is 16.6. The summed E-state index contributed by atoms with van der Waals surface area (Å²) in [6.45, 7) is 1.85. The summed E-state index contributed by atoms with van der Waals surface area (Å²) in [5.41, 5.74) is 2.78. The van der Waals surface area contributed by atoms with E-state index in [1.54, 1.807) is 34.2 Å². The van der Waals surface area contributed by atoms with E-state index < -0.39 is 0 Å². The molecule has 156 valence electrons. The molecule has 1 aliphatic heterocycles. The number of fused-ring (bicyclic) bond motifs is 1. The minimum atomic E-state index is -0.330. The monoisotopic (exact) mass is 425 g/mol. The number of aromatic nitrogens is 2. The number of amides is 1. The number of para-hydroxylation sites is 1. The Morgan fingerprint density at radius 2 is 2.13 bits per heavy atom. The van der Waals surface area contributed by atoms with Gasteiger partial charge in [0.05, 0.1) is 12.6 Å². The van der Waals surface area contributed by atoms with Gasteiger partial charge in [0, 0.05) is 29.3 Å². The minimum absolute atomic E-state index is 0.0654. The summed E-state index contributed by atoms with van der Waals surface area (Å²) in [5.74, 6) is -0.421. The summed E-state index contributed by atoms with van der Waals surface area (Å²) in [7, 11) is 0. The van der Waals surface area contributed by atoms with E-state index in [1.807, 2.05) is 22.4 Å². The second-order valence-corrected chi connectivity index (χ2v) is 8.92. The lowest BCUT2D eigenvalue weighted by molar-refractivity contribution is 0.0504. The molecule has 0 spiro atoms. The quantitative estimate of drug-likeness (QED) is 0.589. The number of ether oxygens (including phenoxy) is 1. The van der Waals surface area contributed by atoms with Crippen molar-refractivity contribution in [1.82, 2.24) is 14.7 Å². The molecule has 1 amide bonds. The van der Waals surface area contributed by atoms with Gasteiger partial charge in [-0.25, -0.2) is 9.07 Å². The molecule has 1 atom stereocenters. The van der Waals surface area contributed by atoms with E-state index >= 15 is 0 Å². The maximum absolute atomic E-state index is 14.5. The highest BCUT2D eigenvalue weighted by atomic mass is 32.1. The van der Waals surface area contributed by atoms with Gasteiger partial charge >= 0.3 is 0 Å². The van der Waals surface area contributed by atoms with Crippen LogP contribution < -0.4 is 0 Å². The molecule has 3 heterocycles. The van der Waals surface area contributed by atoms with Crippen LogP contribution in [-0.4, -0.2) is 39.8 Å². The van der Waals surface area contributed by atoms with Gasteiger partial charge in [0.25, 0.3) is 5.91 Å². The average molecular weight is 426 g/mol. The van der Waals surface area contributed by atoms with Crippen molar-refractivity contribution in [1.29, 1.82) is 0 Å². The molecule has 2 aliphatic rings. The lowest BCUT2D eigenvalue weighted by Gasteiger charge is -2.24. The number of hydrogen-bond donors (Lipinski definition) is 0. The Morgan fingerprint density at radius 3 is 2.90 bits per heavy atom. The second kappa shape index (κ2) is 8.32. The van der Waals surface area contributed by atoms with Crippen LogP contribution in [0.2, 0.25) is 0 Å². The number of carbonyl (C=O) groups excluding carboxylic acids is 1. The van der Waals surface area contributed by atoms with E-state index in [-0.39, 0.29) is 17.8 Å². The predicted molar refractivity (Wildman–Crippen MR) is 114 cm³/mol. The lowest BCUT2D eigenvalue weighted by Crippen LogP contribution is -2.37. The van der Waals surface area contributed by atoms with Crippen LogP contribution in [0.4, 0.5) is 4.39 Å². The van der Waals surface area contributed by atoms with Gasteiger partial charge in [-0.3, -0.25) is 4.79 Å². The van der Waals surface area contributed by atoms with Gasteiger partial charge in [0.2, 0.25) is 0 Å². The third kappa shape index (κ3) is 3.68. The van der Waals surface area contributed by atoms with Gasteiger partial charge < -0.3 is 9.64 Å². The van der Waals surface area contributed by atoms with E-state index in [0.717, 1.165) is 54.8 Å². The second-order valence-electron chi connectivity index (χ2n) is 7.89. The van der Waals surface area contributed by atoms with E-state index in [0.29, 0.717) is 24.5 Å². The van der Waals surface area contributed by atoms with Crippen LogP contribution in [0.25, 0.3) is 5.69 Å². The number of rotatable bonds is 6. The zero-order chi connectivity index (χ0) is 20.5. The summed E-state index contributed by atoms with van der Waals surface area (Å²) < 4.78 is 21.9. The van der Waals surface area contributed by atoms with E-state index in [9.17, 15) is 9.18 Å². The molecule has 5 rings (SSSR count). The van der Waals surface area contributed by atoms with Crippen LogP contribution in [-0.2, 0) is 24.1 Å². The number of benzene rings is 1. The minimum Gasteiger partial charge on any atom is -0.376 e.